The lowest BCUT2D eigenvalue weighted by atomic mass is 9.88. The van der Waals surface area contributed by atoms with Crippen LogP contribution in [-0.2, 0) is 5.41 Å². The Morgan fingerprint density at radius 3 is 2.39 bits per heavy atom. The molecule has 0 aliphatic carbocycles. The molecule has 1 aliphatic heterocycles. The van der Waals surface area contributed by atoms with Crippen molar-refractivity contribution in [1.29, 1.82) is 0 Å². The van der Waals surface area contributed by atoms with Crippen LogP contribution in [0.15, 0.2) is 97.5 Å². The van der Waals surface area contributed by atoms with Crippen molar-refractivity contribution in [3.8, 4) is 17.3 Å². The van der Waals surface area contributed by atoms with Gasteiger partial charge in [-0.25, -0.2) is 4.98 Å². The predicted molar refractivity (Wildman–Crippen MR) is 146 cm³/mol. The van der Waals surface area contributed by atoms with E-state index < -0.39 is 0 Å². The van der Waals surface area contributed by atoms with Crippen molar-refractivity contribution in [2.24, 2.45) is 0 Å². The van der Waals surface area contributed by atoms with Gasteiger partial charge in [-0.1, -0.05) is 45.0 Å². The number of fused-ring (bicyclic) bond motifs is 3. The minimum absolute atomic E-state index is 0.0317. The zero-order valence-electron chi connectivity index (χ0n) is 20.9. The number of nitrogens with one attached hydrogen (secondary N) is 1. The molecule has 0 amide bonds. The van der Waals surface area contributed by atoms with E-state index >= 15 is 0 Å². The quantitative estimate of drug-likeness (QED) is 0.306. The molecule has 0 fully saturated rings. The average Bonchev–Trinajstić information content (AvgIpc) is 3.45. The van der Waals surface area contributed by atoms with Crippen molar-refractivity contribution in [1.82, 2.24) is 20.1 Å². The van der Waals surface area contributed by atoms with E-state index in [2.05, 4.69) is 79.4 Å². The fourth-order valence-electron chi connectivity index (χ4n) is 4.65. The van der Waals surface area contributed by atoms with Crippen molar-refractivity contribution < 1.29 is 4.74 Å². The molecule has 0 bridgehead atoms. The standard InChI is InChI=1S/C30H29N5O/c1-30(2,3)21-14-15-31-29(18-21)35-27-11-6-5-10-25(27)26-13-12-24(20-28(26)35)36-23-9-7-8-22(19-23)34-17-16-33(4)32-34/h5-20,32H,1-4H3. The first-order valence-electron chi connectivity index (χ1n) is 12.1. The van der Waals surface area contributed by atoms with Gasteiger partial charge >= 0.3 is 0 Å². The Hall–Kier alpha value is -4.29. The van der Waals surface area contributed by atoms with Gasteiger partial charge in [-0.05, 0) is 53.4 Å². The zero-order valence-corrected chi connectivity index (χ0v) is 20.9. The Bertz CT molecular complexity index is 1610. The number of anilines is 1. The molecule has 6 heteroatoms. The van der Waals surface area contributed by atoms with Crippen molar-refractivity contribution in [3.63, 3.8) is 0 Å². The van der Waals surface area contributed by atoms with Gasteiger partial charge in [-0.3, -0.25) is 14.6 Å². The molecule has 6 nitrogen and oxygen atoms in total. The second kappa shape index (κ2) is 8.43. The van der Waals surface area contributed by atoms with E-state index in [1.807, 2.05) is 66.0 Å². The Kier molecular flexibility index (Phi) is 5.20. The van der Waals surface area contributed by atoms with E-state index in [-0.39, 0.29) is 5.41 Å². The molecule has 0 saturated carbocycles. The summed E-state index contributed by atoms with van der Waals surface area (Å²) in [5, 5.41) is 6.20. The fourth-order valence-corrected chi connectivity index (χ4v) is 4.65. The minimum atomic E-state index is 0.0317. The zero-order chi connectivity index (χ0) is 24.9. The average molecular weight is 476 g/mol. The molecule has 0 saturated heterocycles. The largest absolute Gasteiger partial charge is 0.457 e. The van der Waals surface area contributed by atoms with Crippen LogP contribution >= 0.6 is 0 Å². The number of para-hydroxylation sites is 1. The highest BCUT2D eigenvalue weighted by Crippen LogP contribution is 2.36. The SMILES string of the molecule is CN1C=CN(c2cccc(Oc3ccc4c5ccccc5n(-c5cc(C(C)(C)C)ccn5)c4c3)c2)N1. The first kappa shape index (κ1) is 22.2. The van der Waals surface area contributed by atoms with Crippen molar-refractivity contribution >= 4 is 27.5 Å². The van der Waals surface area contributed by atoms with Crippen molar-refractivity contribution in [2.45, 2.75) is 26.2 Å². The topological polar surface area (TPSA) is 45.6 Å². The van der Waals surface area contributed by atoms with Gasteiger partial charge in [0.05, 0.1) is 16.7 Å². The van der Waals surface area contributed by atoms with Gasteiger partial charge < -0.3 is 4.74 Å². The molecular formula is C30H29N5O. The second-order valence-electron chi connectivity index (χ2n) is 10.2. The van der Waals surface area contributed by atoms with Gasteiger partial charge in [0.15, 0.2) is 0 Å². The van der Waals surface area contributed by atoms with E-state index in [0.29, 0.717) is 0 Å². The summed E-state index contributed by atoms with van der Waals surface area (Å²) >= 11 is 0. The highest BCUT2D eigenvalue weighted by molar-refractivity contribution is 6.09. The number of hydrogen-bond acceptors (Lipinski definition) is 5. The Morgan fingerprint density at radius 1 is 0.778 bits per heavy atom. The normalized spacial score (nSPS) is 13.8. The molecule has 0 radical (unpaired) electrons. The molecule has 36 heavy (non-hydrogen) atoms. The fraction of sp³-hybridized carbons (Fsp3) is 0.167. The number of benzene rings is 3. The monoisotopic (exact) mass is 475 g/mol. The summed E-state index contributed by atoms with van der Waals surface area (Å²) in [5.74, 6) is 2.45. The van der Waals surface area contributed by atoms with Gasteiger partial charge in [0.2, 0.25) is 0 Å². The first-order chi connectivity index (χ1) is 17.4. The molecule has 0 spiro atoms. The lowest BCUT2D eigenvalue weighted by Gasteiger charge is -2.20. The van der Waals surface area contributed by atoms with E-state index in [1.54, 1.807) is 0 Å². The van der Waals surface area contributed by atoms with Crippen LogP contribution in [0, 0.1) is 0 Å². The number of aromatic nitrogens is 2. The molecule has 180 valence electrons. The van der Waals surface area contributed by atoms with Crippen molar-refractivity contribution in [2.75, 3.05) is 12.1 Å². The third kappa shape index (κ3) is 3.95. The summed E-state index contributed by atoms with van der Waals surface area (Å²) in [6, 6.07) is 27.1. The van der Waals surface area contributed by atoms with Crippen LogP contribution in [0.5, 0.6) is 11.5 Å². The first-order valence-corrected chi connectivity index (χ1v) is 12.1. The molecule has 0 atom stereocenters. The molecule has 3 aromatic carbocycles. The van der Waals surface area contributed by atoms with Crippen molar-refractivity contribution in [3.05, 3.63) is 103 Å². The summed E-state index contributed by atoms with van der Waals surface area (Å²) < 4.78 is 8.59. The maximum absolute atomic E-state index is 6.35. The molecule has 5 aromatic rings. The van der Waals surface area contributed by atoms with Crippen LogP contribution in [0.4, 0.5) is 5.69 Å². The Labute approximate surface area is 211 Å². The number of rotatable bonds is 4. The minimum Gasteiger partial charge on any atom is -0.457 e. The summed E-state index contributed by atoms with van der Waals surface area (Å²) in [7, 11) is 1.96. The summed E-state index contributed by atoms with van der Waals surface area (Å²) in [5.41, 5.74) is 7.69. The van der Waals surface area contributed by atoms with Gasteiger partial charge in [0.25, 0.3) is 0 Å². The van der Waals surface area contributed by atoms with Crippen LogP contribution in [-0.4, -0.2) is 21.6 Å². The van der Waals surface area contributed by atoms with Crippen LogP contribution in [0.2, 0.25) is 0 Å². The second-order valence-corrected chi connectivity index (χ2v) is 10.2. The molecule has 2 aromatic heterocycles. The van der Waals surface area contributed by atoms with E-state index in [1.165, 1.54) is 16.3 Å². The smallest absolute Gasteiger partial charge is 0.137 e. The van der Waals surface area contributed by atoms with Gasteiger partial charge in [0, 0.05) is 48.5 Å². The Morgan fingerprint density at radius 2 is 1.58 bits per heavy atom. The van der Waals surface area contributed by atoms with Crippen LogP contribution in [0.25, 0.3) is 27.6 Å². The lowest BCUT2D eigenvalue weighted by molar-refractivity contribution is 0.358. The number of ether oxygens (including phenoxy) is 1. The van der Waals surface area contributed by atoms with E-state index in [0.717, 1.165) is 34.0 Å². The molecule has 1 N–H and O–H groups in total. The number of pyridine rings is 1. The maximum atomic E-state index is 6.35. The van der Waals surface area contributed by atoms with Gasteiger partial charge in [-0.15, -0.1) is 5.53 Å². The molecule has 3 heterocycles. The van der Waals surface area contributed by atoms with Gasteiger partial charge in [0.1, 0.15) is 17.3 Å². The third-order valence-electron chi connectivity index (χ3n) is 6.52. The summed E-state index contributed by atoms with van der Waals surface area (Å²) in [4.78, 5) is 4.77. The Balaban J connectivity index is 1.44. The van der Waals surface area contributed by atoms with Crippen LogP contribution in [0.3, 0.4) is 0 Å². The number of hydrazine groups is 2. The molecular weight excluding hydrogens is 446 g/mol. The number of hydrogen-bond donors (Lipinski definition) is 1. The maximum Gasteiger partial charge on any atom is 0.137 e. The molecule has 0 unspecified atom stereocenters. The lowest BCUT2D eigenvalue weighted by Crippen LogP contribution is -2.36. The molecule has 1 aliphatic rings. The van der Waals surface area contributed by atoms with E-state index in [9.17, 15) is 0 Å². The summed E-state index contributed by atoms with van der Waals surface area (Å²) in [6.07, 6.45) is 5.84. The van der Waals surface area contributed by atoms with Crippen LogP contribution in [0.1, 0.15) is 26.3 Å². The van der Waals surface area contributed by atoms with Gasteiger partial charge in [-0.2, -0.15) is 0 Å². The number of nitrogens with zero attached hydrogens (tertiary/aromatic N) is 4. The highest BCUT2D eigenvalue weighted by atomic mass is 16.5. The predicted octanol–water partition coefficient (Wildman–Crippen LogP) is 6.91. The molecule has 6 rings (SSSR count). The third-order valence-corrected chi connectivity index (χ3v) is 6.52. The van der Waals surface area contributed by atoms with Crippen LogP contribution < -0.4 is 15.3 Å². The summed E-state index contributed by atoms with van der Waals surface area (Å²) in [6.45, 7) is 6.68. The van der Waals surface area contributed by atoms with E-state index in [4.69, 9.17) is 9.72 Å². The highest BCUT2D eigenvalue weighted by Gasteiger charge is 2.18.